The zero-order valence-corrected chi connectivity index (χ0v) is 15.0. The van der Waals surface area contributed by atoms with Gasteiger partial charge in [-0.2, -0.15) is 0 Å². The van der Waals surface area contributed by atoms with Gasteiger partial charge in [0.15, 0.2) is 0 Å². The Balaban J connectivity index is 1.38. The zero-order valence-electron chi connectivity index (χ0n) is 15.0. The molecule has 27 heavy (non-hydrogen) atoms. The molecular formula is C21H22N4O2. The van der Waals surface area contributed by atoms with Gasteiger partial charge in [0.2, 0.25) is 11.8 Å². The maximum atomic E-state index is 12.7. The average molecular weight is 362 g/mol. The Morgan fingerprint density at radius 3 is 2.93 bits per heavy atom. The lowest BCUT2D eigenvalue weighted by Crippen LogP contribution is -2.30. The molecule has 6 heteroatoms. The third kappa shape index (κ3) is 3.69. The Labute approximate surface area is 157 Å². The maximum Gasteiger partial charge on any atom is 0.248 e. The number of pyridine rings is 1. The maximum absolute atomic E-state index is 12.7. The van der Waals surface area contributed by atoms with Crippen LogP contribution in [0.4, 0.5) is 0 Å². The van der Waals surface area contributed by atoms with Crippen LogP contribution in [-0.4, -0.2) is 39.2 Å². The fourth-order valence-electron chi connectivity index (χ4n) is 3.79. The highest BCUT2D eigenvalue weighted by molar-refractivity contribution is 5.92. The van der Waals surface area contributed by atoms with E-state index in [4.69, 9.17) is 5.73 Å². The van der Waals surface area contributed by atoms with Crippen molar-refractivity contribution in [1.82, 2.24) is 14.3 Å². The van der Waals surface area contributed by atoms with Gasteiger partial charge < -0.3 is 15.0 Å². The number of likely N-dealkylation sites (tertiary alicyclic amines) is 1. The minimum Gasteiger partial charge on any atom is -0.366 e. The van der Waals surface area contributed by atoms with Crippen molar-refractivity contribution in [3.8, 4) is 0 Å². The number of rotatable bonds is 5. The minimum atomic E-state index is -0.409. The molecule has 3 aromatic rings. The molecule has 0 aliphatic carbocycles. The molecule has 1 aliphatic rings. The Bertz CT molecular complexity index is 995. The number of benzene rings is 1. The van der Waals surface area contributed by atoms with E-state index in [0.717, 1.165) is 42.8 Å². The summed E-state index contributed by atoms with van der Waals surface area (Å²) >= 11 is 0. The second-order valence-corrected chi connectivity index (χ2v) is 7.12. The van der Waals surface area contributed by atoms with Gasteiger partial charge in [0.05, 0.1) is 12.1 Å². The van der Waals surface area contributed by atoms with Crippen LogP contribution in [0.2, 0.25) is 0 Å². The van der Waals surface area contributed by atoms with Gasteiger partial charge in [0, 0.05) is 31.0 Å². The SMILES string of the molecule is NC(=O)c1cccc(C[C@H]2CCN(C(=O)Cc3cnc4ccccn34)C2)c1. The lowest BCUT2D eigenvalue weighted by Gasteiger charge is -2.16. The summed E-state index contributed by atoms with van der Waals surface area (Å²) in [6.45, 7) is 1.52. The molecule has 0 bridgehead atoms. The van der Waals surface area contributed by atoms with Gasteiger partial charge in [-0.15, -0.1) is 0 Å². The van der Waals surface area contributed by atoms with Gasteiger partial charge in [-0.25, -0.2) is 4.98 Å². The monoisotopic (exact) mass is 362 g/mol. The predicted octanol–water partition coefficient (Wildman–Crippen LogP) is 2.07. The van der Waals surface area contributed by atoms with E-state index in [2.05, 4.69) is 4.98 Å². The molecule has 1 atom stereocenters. The Kier molecular flexibility index (Phi) is 4.62. The fraction of sp³-hybridized carbons (Fsp3) is 0.286. The second kappa shape index (κ2) is 7.23. The fourth-order valence-corrected chi connectivity index (χ4v) is 3.79. The van der Waals surface area contributed by atoms with E-state index in [1.165, 1.54) is 0 Å². The number of primary amides is 1. The molecule has 0 spiro atoms. The number of imidazole rings is 1. The van der Waals surface area contributed by atoms with E-state index >= 15 is 0 Å². The first-order valence-electron chi connectivity index (χ1n) is 9.17. The van der Waals surface area contributed by atoms with Crippen LogP contribution in [0.5, 0.6) is 0 Å². The smallest absolute Gasteiger partial charge is 0.248 e. The summed E-state index contributed by atoms with van der Waals surface area (Å²) in [4.78, 5) is 30.3. The van der Waals surface area contributed by atoms with Crippen LogP contribution in [0.1, 0.15) is 28.0 Å². The van der Waals surface area contributed by atoms with Gasteiger partial charge in [0.1, 0.15) is 5.65 Å². The van der Waals surface area contributed by atoms with Crippen LogP contribution in [0.25, 0.3) is 5.65 Å². The third-order valence-corrected chi connectivity index (χ3v) is 5.20. The molecule has 2 N–H and O–H groups in total. The number of carbonyl (C=O) groups is 2. The summed E-state index contributed by atoms with van der Waals surface area (Å²) in [7, 11) is 0. The van der Waals surface area contributed by atoms with Crippen molar-refractivity contribution in [3.05, 3.63) is 71.7 Å². The van der Waals surface area contributed by atoms with Crippen LogP contribution in [0.15, 0.2) is 54.9 Å². The van der Waals surface area contributed by atoms with E-state index in [9.17, 15) is 9.59 Å². The summed E-state index contributed by atoms with van der Waals surface area (Å²) in [6, 6.07) is 13.3. The Morgan fingerprint density at radius 1 is 1.19 bits per heavy atom. The van der Waals surface area contributed by atoms with Gasteiger partial charge >= 0.3 is 0 Å². The van der Waals surface area contributed by atoms with Crippen LogP contribution in [-0.2, 0) is 17.6 Å². The lowest BCUT2D eigenvalue weighted by atomic mass is 9.97. The molecule has 1 aromatic carbocycles. The number of nitrogens with zero attached hydrogens (tertiary/aromatic N) is 3. The third-order valence-electron chi connectivity index (χ3n) is 5.20. The van der Waals surface area contributed by atoms with Gasteiger partial charge in [-0.1, -0.05) is 18.2 Å². The number of nitrogens with two attached hydrogens (primary N) is 1. The summed E-state index contributed by atoms with van der Waals surface area (Å²) in [6.07, 6.45) is 5.88. The highest BCUT2D eigenvalue weighted by Crippen LogP contribution is 2.22. The molecule has 3 heterocycles. The predicted molar refractivity (Wildman–Crippen MR) is 102 cm³/mol. The molecule has 2 aromatic heterocycles. The number of fused-ring (bicyclic) bond motifs is 1. The lowest BCUT2D eigenvalue weighted by molar-refractivity contribution is -0.129. The quantitative estimate of drug-likeness (QED) is 0.754. The minimum absolute atomic E-state index is 0.133. The summed E-state index contributed by atoms with van der Waals surface area (Å²) in [5, 5.41) is 0. The molecule has 2 amide bonds. The number of hydrogen-bond donors (Lipinski definition) is 1. The zero-order chi connectivity index (χ0) is 18.8. The second-order valence-electron chi connectivity index (χ2n) is 7.12. The van der Waals surface area contributed by atoms with Crippen molar-refractivity contribution < 1.29 is 9.59 Å². The molecule has 6 nitrogen and oxygen atoms in total. The average Bonchev–Trinajstić information content (AvgIpc) is 3.29. The first-order valence-corrected chi connectivity index (χ1v) is 9.17. The molecule has 4 rings (SSSR count). The van der Waals surface area contributed by atoms with Gasteiger partial charge in [-0.05, 0) is 48.6 Å². The van der Waals surface area contributed by atoms with Crippen molar-refractivity contribution in [2.45, 2.75) is 19.3 Å². The van der Waals surface area contributed by atoms with E-state index < -0.39 is 5.91 Å². The van der Waals surface area contributed by atoms with E-state index in [1.807, 2.05) is 51.9 Å². The number of hydrogen-bond acceptors (Lipinski definition) is 3. The Hall–Kier alpha value is -3.15. The number of aromatic nitrogens is 2. The van der Waals surface area contributed by atoms with E-state index in [1.54, 1.807) is 12.3 Å². The van der Waals surface area contributed by atoms with Crippen LogP contribution >= 0.6 is 0 Å². The molecule has 1 saturated heterocycles. The summed E-state index contributed by atoms with van der Waals surface area (Å²) in [5.74, 6) is 0.126. The first kappa shape index (κ1) is 17.3. The van der Waals surface area contributed by atoms with Crippen LogP contribution in [0.3, 0.4) is 0 Å². The van der Waals surface area contributed by atoms with Crippen molar-refractivity contribution >= 4 is 17.5 Å². The van der Waals surface area contributed by atoms with Crippen LogP contribution < -0.4 is 5.73 Å². The molecule has 138 valence electrons. The first-order chi connectivity index (χ1) is 13.1. The normalized spacial score (nSPS) is 16.7. The van der Waals surface area contributed by atoms with Crippen molar-refractivity contribution in [2.24, 2.45) is 11.7 Å². The molecule has 0 saturated carbocycles. The van der Waals surface area contributed by atoms with Crippen LogP contribution in [0, 0.1) is 5.92 Å². The number of amides is 2. The van der Waals surface area contributed by atoms with Gasteiger partial charge in [-0.3, -0.25) is 9.59 Å². The molecule has 1 fully saturated rings. The van der Waals surface area contributed by atoms with Crippen molar-refractivity contribution in [1.29, 1.82) is 0 Å². The highest BCUT2D eigenvalue weighted by atomic mass is 16.2. The van der Waals surface area contributed by atoms with Crippen molar-refractivity contribution in [3.63, 3.8) is 0 Å². The molecule has 1 aliphatic heterocycles. The van der Waals surface area contributed by atoms with E-state index in [-0.39, 0.29) is 5.91 Å². The summed E-state index contributed by atoms with van der Waals surface area (Å²) in [5.41, 5.74) is 8.75. The highest BCUT2D eigenvalue weighted by Gasteiger charge is 2.27. The molecule has 0 unspecified atom stereocenters. The van der Waals surface area contributed by atoms with Crippen molar-refractivity contribution in [2.75, 3.05) is 13.1 Å². The standard InChI is InChI=1S/C21H22N4O2/c22-21(27)17-5-3-4-15(11-17)10-16-7-9-24(14-16)20(26)12-18-13-23-19-6-1-2-8-25(18)19/h1-6,8,11,13,16H,7,9-10,12,14H2,(H2,22,27)/t16-/m1/s1. The van der Waals surface area contributed by atoms with Gasteiger partial charge in [0.25, 0.3) is 0 Å². The van der Waals surface area contributed by atoms with E-state index in [0.29, 0.717) is 17.9 Å². The molecule has 0 radical (unpaired) electrons. The largest absolute Gasteiger partial charge is 0.366 e. The topological polar surface area (TPSA) is 80.7 Å². The number of carbonyl (C=O) groups excluding carboxylic acids is 2. The summed E-state index contributed by atoms with van der Waals surface area (Å²) < 4.78 is 1.96. The molecular weight excluding hydrogens is 340 g/mol. The Morgan fingerprint density at radius 2 is 2.07 bits per heavy atom.